The van der Waals surface area contributed by atoms with E-state index in [0.29, 0.717) is 11.4 Å². The first-order valence-corrected chi connectivity index (χ1v) is 8.52. The number of anilines is 2. The highest BCUT2D eigenvalue weighted by Crippen LogP contribution is 2.22. The number of para-hydroxylation sites is 1. The number of ether oxygens (including phenoxy) is 1. The average Bonchev–Trinajstić information content (AvgIpc) is 2.62. The quantitative estimate of drug-likeness (QED) is 0.756. The number of amides is 2. The molecule has 2 aromatic rings. The maximum atomic E-state index is 13.2. The number of halogens is 1. The third-order valence-electron chi connectivity index (χ3n) is 3.74. The summed E-state index contributed by atoms with van der Waals surface area (Å²) in [6.45, 7) is 3.32. The molecule has 142 valence electrons. The fourth-order valence-electron chi connectivity index (χ4n) is 2.54. The lowest BCUT2D eigenvalue weighted by molar-refractivity contribution is -0.117. The van der Waals surface area contributed by atoms with E-state index in [1.54, 1.807) is 37.3 Å². The number of nitrogens with one attached hydrogen (secondary N) is 1. The van der Waals surface area contributed by atoms with Gasteiger partial charge in [-0.25, -0.2) is 9.18 Å². The third-order valence-corrected chi connectivity index (χ3v) is 3.74. The molecule has 0 bridgehead atoms. The molecule has 27 heavy (non-hydrogen) atoms. The fraction of sp³-hybridized carbons (Fsp3) is 0.250. The van der Waals surface area contributed by atoms with Crippen molar-refractivity contribution in [2.24, 2.45) is 0 Å². The van der Waals surface area contributed by atoms with E-state index < -0.39 is 11.8 Å². The molecular formula is C20H21FN2O4. The second kappa shape index (κ2) is 9.47. The largest absolute Gasteiger partial charge is 0.462 e. The van der Waals surface area contributed by atoms with E-state index in [2.05, 4.69) is 5.32 Å². The van der Waals surface area contributed by atoms with E-state index in [9.17, 15) is 18.8 Å². The van der Waals surface area contributed by atoms with Gasteiger partial charge >= 0.3 is 5.97 Å². The number of hydrogen-bond acceptors (Lipinski definition) is 4. The molecule has 0 fully saturated rings. The molecule has 0 radical (unpaired) electrons. The standard InChI is InChI=1S/C20H21FN2O4/c1-3-27-20(26)17-9-4-5-10-18(17)23(14(2)24)12-11-19(25)22-16-8-6-7-15(21)13-16/h4-10,13H,3,11-12H2,1-2H3,(H,22,25). The Kier molecular flexibility index (Phi) is 7.05. The Hall–Kier alpha value is -3.22. The average molecular weight is 372 g/mol. The van der Waals surface area contributed by atoms with Crippen LogP contribution in [0, 0.1) is 5.82 Å². The molecular weight excluding hydrogens is 351 g/mol. The molecule has 0 aliphatic heterocycles. The van der Waals surface area contributed by atoms with Crippen molar-refractivity contribution >= 4 is 29.2 Å². The molecule has 6 nitrogen and oxygen atoms in total. The van der Waals surface area contributed by atoms with Crippen LogP contribution in [-0.2, 0) is 14.3 Å². The van der Waals surface area contributed by atoms with Crippen LogP contribution in [0.5, 0.6) is 0 Å². The Morgan fingerprint density at radius 3 is 2.52 bits per heavy atom. The molecule has 0 heterocycles. The van der Waals surface area contributed by atoms with Crippen LogP contribution in [-0.4, -0.2) is 30.9 Å². The number of rotatable bonds is 7. The molecule has 1 N–H and O–H groups in total. The number of carbonyl (C=O) groups is 3. The second-order valence-corrected chi connectivity index (χ2v) is 5.72. The van der Waals surface area contributed by atoms with E-state index in [1.807, 2.05) is 0 Å². The highest BCUT2D eigenvalue weighted by molar-refractivity contribution is 6.02. The highest BCUT2D eigenvalue weighted by Gasteiger charge is 2.20. The summed E-state index contributed by atoms with van der Waals surface area (Å²) in [7, 11) is 0. The van der Waals surface area contributed by atoms with Crippen LogP contribution in [0.1, 0.15) is 30.6 Å². The van der Waals surface area contributed by atoms with Crippen molar-refractivity contribution < 1.29 is 23.5 Å². The lowest BCUT2D eigenvalue weighted by Crippen LogP contribution is -2.33. The molecule has 2 rings (SSSR count). The number of esters is 1. The van der Waals surface area contributed by atoms with Crippen molar-refractivity contribution in [3.05, 3.63) is 59.9 Å². The molecule has 0 saturated carbocycles. The maximum absolute atomic E-state index is 13.2. The monoisotopic (exact) mass is 372 g/mol. The summed E-state index contributed by atoms with van der Waals surface area (Å²) >= 11 is 0. The van der Waals surface area contributed by atoms with Gasteiger partial charge in [-0.2, -0.15) is 0 Å². The normalized spacial score (nSPS) is 10.2. The first-order valence-electron chi connectivity index (χ1n) is 8.52. The summed E-state index contributed by atoms with van der Waals surface area (Å²) in [4.78, 5) is 37.7. The Balaban J connectivity index is 2.11. The van der Waals surface area contributed by atoms with Gasteiger partial charge in [0.1, 0.15) is 5.82 Å². The minimum absolute atomic E-state index is 0.0206. The van der Waals surface area contributed by atoms with Crippen molar-refractivity contribution in [2.75, 3.05) is 23.4 Å². The summed E-state index contributed by atoms with van der Waals surface area (Å²) in [5.74, 6) is -1.68. The van der Waals surface area contributed by atoms with Crippen LogP contribution in [0.4, 0.5) is 15.8 Å². The van der Waals surface area contributed by atoms with Gasteiger partial charge in [0.2, 0.25) is 11.8 Å². The van der Waals surface area contributed by atoms with Gasteiger partial charge in [-0.05, 0) is 37.3 Å². The van der Waals surface area contributed by atoms with Crippen molar-refractivity contribution in [1.29, 1.82) is 0 Å². The SMILES string of the molecule is CCOC(=O)c1ccccc1N(CCC(=O)Nc1cccc(F)c1)C(C)=O. The molecule has 0 spiro atoms. The fourth-order valence-corrected chi connectivity index (χ4v) is 2.54. The topological polar surface area (TPSA) is 75.7 Å². The summed E-state index contributed by atoms with van der Waals surface area (Å²) in [5, 5.41) is 2.58. The van der Waals surface area contributed by atoms with Crippen LogP contribution in [0.2, 0.25) is 0 Å². The van der Waals surface area contributed by atoms with Gasteiger partial charge in [-0.15, -0.1) is 0 Å². The van der Waals surface area contributed by atoms with Crippen LogP contribution >= 0.6 is 0 Å². The van der Waals surface area contributed by atoms with E-state index in [4.69, 9.17) is 4.74 Å². The number of carbonyl (C=O) groups excluding carboxylic acids is 3. The van der Waals surface area contributed by atoms with Crippen molar-refractivity contribution in [3.8, 4) is 0 Å². The second-order valence-electron chi connectivity index (χ2n) is 5.72. The molecule has 0 saturated heterocycles. The first kappa shape index (κ1) is 20.1. The molecule has 0 atom stereocenters. The molecule has 0 aliphatic rings. The molecule has 7 heteroatoms. The lowest BCUT2D eigenvalue weighted by Gasteiger charge is -2.23. The van der Waals surface area contributed by atoms with Gasteiger partial charge in [0.25, 0.3) is 0 Å². The van der Waals surface area contributed by atoms with E-state index in [-0.39, 0.29) is 37.0 Å². The van der Waals surface area contributed by atoms with E-state index >= 15 is 0 Å². The smallest absolute Gasteiger partial charge is 0.340 e. The minimum Gasteiger partial charge on any atom is -0.462 e. The van der Waals surface area contributed by atoms with E-state index in [1.165, 1.54) is 30.0 Å². The zero-order valence-corrected chi connectivity index (χ0v) is 15.2. The Labute approximate surface area is 156 Å². The van der Waals surface area contributed by atoms with E-state index in [0.717, 1.165) is 0 Å². The molecule has 2 amide bonds. The lowest BCUT2D eigenvalue weighted by atomic mass is 10.1. The van der Waals surface area contributed by atoms with Gasteiger partial charge in [-0.1, -0.05) is 18.2 Å². The Morgan fingerprint density at radius 2 is 1.85 bits per heavy atom. The van der Waals surface area contributed by atoms with Crippen LogP contribution < -0.4 is 10.2 Å². The predicted octanol–water partition coefficient (Wildman–Crippen LogP) is 3.38. The minimum atomic E-state index is -0.538. The third kappa shape index (κ3) is 5.64. The zero-order valence-electron chi connectivity index (χ0n) is 15.2. The van der Waals surface area contributed by atoms with Crippen LogP contribution in [0.25, 0.3) is 0 Å². The van der Waals surface area contributed by atoms with Crippen LogP contribution in [0.3, 0.4) is 0 Å². The number of nitrogens with zero attached hydrogens (tertiary/aromatic N) is 1. The van der Waals surface area contributed by atoms with Gasteiger partial charge in [0, 0.05) is 25.6 Å². The molecule has 2 aromatic carbocycles. The van der Waals surface area contributed by atoms with Gasteiger partial charge in [0.15, 0.2) is 0 Å². The first-order chi connectivity index (χ1) is 12.9. The Morgan fingerprint density at radius 1 is 1.11 bits per heavy atom. The van der Waals surface area contributed by atoms with Crippen molar-refractivity contribution in [2.45, 2.75) is 20.3 Å². The molecule has 0 unspecified atom stereocenters. The van der Waals surface area contributed by atoms with Gasteiger partial charge in [0.05, 0.1) is 17.9 Å². The zero-order chi connectivity index (χ0) is 19.8. The molecule has 0 aliphatic carbocycles. The van der Waals surface area contributed by atoms with Gasteiger partial charge < -0.3 is 15.0 Å². The summed E-state index contributed by atoms with van der Waals surface area (Å²) in [6, 6.07) is 12.1. The van der Waals surface area contributed by atoms with Crippen molar-refractivity contribution in [3.63, 3.8) is 0 Å². The van der Waals surface area contributed by atoms with Crippen molar-refractivity contribution in [1.82, 2.24) is 0 Å². The summed E-state index contributed by atoms with van der Waals surface area (Å²) in [6.07, 6.45) is -0.0206. The van der Waals surface area contributed by atoms with Crippen LogP contribution in [0.15, 0.2) is 48.5 Å². The molecule has 0 aromatic heterocycles. The maximum Gasteiger partial charge on any atom is 0.340 e. The summed E-state index contributed by atoms with van der Waals surface area (Å²) < 4.78 is 18.2. The number of hydrogen-bond donors (Lipinski definition) is 1. The van der Waals surface area contributed by atoms with Gasteiger partial charge in [-0.3, -0.25) is 9.59 Å². The highest BCUT2D eigenvalue weighted by atomic mass is 19.1. The predicted molar refractivity (Wildman–Crippen MR) is 100 cm³/mol. The number of benzene rings is 2. The Bertz CT molecular complexity index is 838. The summed E-state index contributed by atoms with van der Waals surface area (Å²) in [5.41, 5.74) is 0.961.